The zero-order valence-corrected chi connectivity index (χ0v) is 15.7. The molecule has 5 heteroatoms. The van der Waals surface area contributed by atoms with Gasteiger partial charge in [0.15, 0.2) is 0 Å². The summed E-state index contributed by atoms with van der Waals surface area (Å²) in [7, 11) is 1.62. The van der Waals surface area contributed by atoms with Gasteiger partial charge in [-0.1, -0.05) is 37.5 Å². The molecule has 0 spiro atoms. The van der Waals surface area contributed by atoms with Crippen LogP contribution in [0.5, 0.6) is 5.75 Å². The van der Waals surface area contributed by atoms with Gasteiger partial charge >= 0.3 is 0 Å². The van der Waals surface area contributed by atoms with Gasteiger partial charge in [-0.25, -0.2) is 0 Å². The van der Waals surface area contributed by atoms with E-state index in [9.17, 15) is 9.59 Å². The topological polar surface area (TPSA) is 58.6 Å². The molecule has 2 amide bonds. The highest BCUT2D eigenvalue weighted by molar-refractivity contribution is 5.80. The molecule has 2 fully saturated rings. The van der Waals surface area contributed by atoms with Gasteiger partial charge in [-0.05, 0) is 31.7 Å². The number of piperidine rings is 1. The van der Waals surface area contributed by atoms with Crippen LogP contribution in [0.25, 0.3) is 0 Å². The minimum absolute atomic E-state index is 0.0200. The third-order valence-electron chi connectivity index (χ3n) is 5.67. The molecule has 1 saturated carbocycles. The highest BCUT2D eigenvalue weighted by Crippen LogP contribution is 2.26. The first-order chi connectivity index (χ1) is 12.7. The van der Waals surface area contributed by atoms with Gasteiger partial charge in [-0.3, -0.25) is 9.59 Å². The molecule has 1 aliphatic carbocycles. The molecule has 1 aliphatic heterocycles. The van der Waals surface area contributed by atoms with E-state index in [0.29, 0.717) is 12.3 Å². The molecule has 0 radical (unpaired) electrons. The number of hydrogen-bond acceptors (Lipinski definition) is 3. The Hall–Kier alpha value is -2.04. The molecule has 0 aromatic heterocycles. The van der Waals surface area contributed by atoms with Crippen molar-refractivity contribution in [3.8, 4) is 5.75 Å². The summed E-state index contributed by atoms with van der Waals surface area (Å²) < 4.78 is 5.31. The van der Waals surface area contributed by atoms with Gasteiger partial charge in [-0.15, -0.1) is 0 Å². The molecule has 5 nitrogen and oxygen atoms in total. The molecule has 0 atom stereocenters. The Bertz CT molecular complexity index is 617. The standard InChI is InChI=1S/C21H30N2O3/c1-26-19-10-6-5-9-17(19)15-20(24)22-18-11-13-23(14-12-18)21(25)16-7-3-2-4-8-16/h5-6,9-10,16,18H,2-4,7-8,11-15H2,1H3,(H,22,24). The van der Waals surface area contributed by atoms with Crippen LogP contribution in [0.2, 0.25) is 0 Å². The number of hydrogen-bond donors (Lipinski definition) is 1. The Kier molecular flexibility index (Phi) is 6.53. The molecule has 3 rings (SSSR count). The largest absolute Gasteiger partial charge is 0.496 e. The van der Waals surface area contributed by atoms with Crippen LogP contribution in [-0.2, 0) is 16.0 Å². The molecule has 0 bridgehead atoms. The average molecular weight is 358 g/mol. The quantitative estimate of drug-likeness (QED) is 0.880. The summed E-state index contributed by atoms with van der Waals surface area (Å²) >= 11 is 0. The van der Waals surface area contributed by atoms with Gasteiger partial charge in [-0.2, -0.15) is 0 Å². The number of nitrogens with zero attached hydrogens (tertiary/aromatic N) is 1. The summed E-state index contributed by atoms with van der Waals surface area (Å²) in [6.45, 7) is 1.52. The smallest absolute Gasteiger partial charge is 0.225 e. The van der Waals surface area contributed by atoms with Crippen molar-refractivity contribution in [1.29, 1.82) is 0 Å². The second kappa shape index (κ2) is 9.06. The number of nitrogens with one attached hydrogen (secondary N) is 1. The lowest BCUT2D eigenvalue weighted by Crippen LogP contribution is -2.48. The third-order valence-corrected chi connectivity index (χ3v) is 5.67. The maximum atomic E-state index is 12.6. The van der Waals surface area contributed by atoms with Crippen LogP contribution in [0.4, 0.5) is 0 Å². The molecule has 1 N–H and O–H groups in total. The van der Waals surface area contributed by atoms with E-state index in [1.807, 2.05) is 29.2 Å². The first kappa shape index (κ1) is 18.7. The van der Waals surface area contributed by atoms with Crippen molar-refractivity contribution in [2.45, 2.75) is 57.4 Å². The van der Waals surface area contributed by atoms with E-state index in [-0.39, 0.29) is 17.9 Å². The van der Waals surface area contributed by atoms with Crippen LogP contribution in [0.1, 0.15) is 50.5 Å². The van der Waals surface area contributed by atoms with E-state index in [1.54, 1.807) is 7.11 Å². The summed E-state index contributed by atoms with van der Waals surface area (Å²) in [6.07, 6.45) is 7.75. The first-order valence-electron chi connectivity index (χ1n) is 9.87. The lowest BCUT2D eigenvalue weighted by atomic mass is 9.87. The predicted molar refractivity (Wildman–Crippen MR) is 101 cm³/mol. The fraction of sp³-hybridized carbons (Fsp3) is 0.619. The average Bonchev–Trinajstić information content (AvgIpc) is 2.69. The monoisotopic (exact) mass is 358 g/mol. The van der Waals surface area contributed by atoms with E-state index in [4.69, 9.17) is 4.74 Å². The van der Waals surface area contributed by atoms with E-state index < -0.39 is 0 Å². The van der Waals surface area contributed by atoms with Crippen molar-refractivity contribution in [3.63, 3.8) is 0 Å². The van der Waals surface area contributed by atoms with Gasteiger partial charge < -0.3 is 15.0 Å². The fourth-order valence-corrected chi connectivity index (χ4v) is 4.15. The van der Waals surface area contributed by atoms with Crippen molar-refractivity contribution >= 4 is 11.8 Å². The third kappa shape index (κ3) is 4.77. The second-order valence-electron chi connectivity index (χ2n) is 7.49. The van der Waals surface area contributed by atoms with Crippen LogP contribution in [0.15, 0.2) is 24.3 Å². The van der Waals surface area contributed by atoms with Crippen LogP contribution in [0, 0.1) is 5.92 Å². The zero-order valence-electron chi connectivity index (χ0n) is 15.7. The maximum absolute atomic E-state index is 12.6. The van der Waals surface area contributed by atoms with Crippen molar-refractivity contribution in [1.82, 2.24) is 10.2 Å². The summed E-state index contributed by atoms with van der Waals surface area (Å²) in [5.41, 5.74) is 0.900. The summed E-state index contributed by atoms with van der Waals surface area (Å²) in [5, 5.41) is 3.13. The number of rotatable bonds is 5. The molecule has 1 saturated heterocycles. The number of carbonyl (C=O) groups is 2. The van der Waals surface area contributed by atoms with E-state index in [1.165, 1.54) is 19.3 Å². The SMILES string of the molecule is COc1ccccc1CC(=O)NC1CCN(C(=O)C2CCCCC2)CC1. The summed E-state index contributed by atoms with van der Waals surface area (Å²) in [4.78, 5) is 27.0. The molecule has 1 aromatic rings. The molecule has 2 aliphatic rings. The van der Waals surface area contributed by atoms with E-state index in [2.05, 4.69) is 5.32 Å². The van der Waals surface area contributed by atoms with Gasteiger partial charge in [0.2, 0.25) is 11.8 Å². The van der Waals surface area contributed by atoms with Crippen LogP contribution >= 0.6 is 0 Å². The maximum Gasteiger partial charge on any atom is 0.225 e. The lowest BCUT2D eigenvalue weighted by molar-refractivity contribution is -0.137. The normalized spacial score (nSPS) is 19.2. The predicted octanol–water partition coefficient (Wildman–Crippen LogP) is 2.93. The molecular formula is C21H30N2O3. The number of methoxy groups -OCH3 is 1. The Morgan fingerprint density at radius 2 is 1.77 bits per heavy atom. The molecule has 1 aromatic carbocycles. The van der Waals surface area contributed by atoms with Gasteiger partial charge in [0.25, 0.3) is 0 Å². The van der Waals surface area contributed by atoms with E-state index >= 15 is 0 Å². The zero-order chi connectivity index (χ0) is 18.4. The van der Waals surface area contributed by atoms with Gasteiger partial charge in [0.05, 0.1) is 13.5 Å². The van der Waals surface area contributed by atoms with E-state index in [0.717, 1.165) is 50.1 Å². The number of para-hydroxylation sites is 1. The Morgan fingerprint density at radius 3 is 2.46 bits per heavy atom. The molecule has 1 heterocycles. The first-order valence-corrected chi connectivity index (χ1v) is 9.87. The fourth-order valence-electron chi connectivity index (χ4n) is 4.15. The molecular weight excluding hydrogens is 328 g/mol. The summed E-state index contributed by atoms with van der Waals surface area (Å²) in [6, 6.07) is 7.77. The Morgan fingerprint density at radius 1 is 1.08 bits per heavy atom. The highest BCUT2D eigenvalue weighted by atomic mass is 16.5. The lowest BCUT2D eigenvalue weighted by Gasteiger charge is -2.35. The van der Waals surface area contributed by atoms with Gasteiger partial charge in [0.1, 0.15) is 5.75 Å². The minimum atomic E-state index is 0.0200. The number of ether oxygens (including phenoxy) is 1. The summed E-state index contributed by atoms with van der Waals surface area (Å²) in [5.74, 6) is 1.34. The number of amides is 2. The number of likely N-dealkylation sites (tertiary alicyclic amines) is 1. The van der Waals surface area contributed by atoms with Crippen molar-refractivity contribution in [2.75, 3.05) is 20.2 Å². The van der Waals surface area contributed by atoms with Crippen LogP contribution in [0.3, 0.4) is 0 Å². The number of benzene rings is 1. The van der Waals surface area contributed by atoms with Crippen molar-refractivity contribution < 1.29 is 14.3 Å². The van der Waals surface area contributed by atoms with Crippen LogP contribution < -0.4 is 10.1 Å². The van der Waals surface area contributed by atoms with Crippen molar-refractivity contribution in [3.05, 3.63) is 29.8 Å². The Balaban J connectivity index is 1.44. The Labute approximate surface area is 156 Å². The van der Waals surface area contributed by atoms with Crippen LogP contribution in [-0.4, -0.2) is 43.0 Å². The number of carbonyl (C=O) groups excluding carboxylic acids is 2. The second-order valence-corrected chi connectivity index (χ2v) is 7.49. The molecule has 0 unspecified atom stereocenters. The molecule has 142 valence electrons. The highest BCUT2D eigenvalue weighted by Gasteiger charge is 2.29. The van der Waals surface area contributed by atoms with Gasteiger partial charge in [0, 0.05) is 30.6 Å². The molecule has 26 heavy (non-hydrogen) atoms. The minimum Gasteiger partial charge on any atom is -0.496 e. The van der Waals surface area contributed by atoms with Crippen molar-refractivity contribution in [2.24, 2.45) is 5.92 Å².